The van der Waals surface area contributed by atoms with E-state index in [9.17, 15) is 17.6 Å². The molecule has 0 aliphatic rings. The topological polar surface area (TPSA) is 75.3 Å². The third-order valence-electron chi connectivity index (χ3n) is 3.84. The number of halogens is 2. The highest BCUT2D eigenvalue weighted by atomic mass is 35.5. The van der Waals surface area contributed by atoms with Gasteiger partial charge in [-0.2, -0.15) is 4.72 Å². The van der Waals surface area contributed by atoms with Crippen molar-refractivity contribution in [2.24, 2.45) is 0 Å². The van der Waals surface area contributed by atoms with Crippen molar-refractivity contribution in [1.29, 1.82) is 0 Å². The molecule has 0 radical (unpaired) electrons. The van der Waals surface area contributed by atoms with Crippen LogP contribution in [0.2, 0.25) is 5.02 Å². The van der Waals surface area contributed by atoms with E-state index in [0.29, 0.717) is 0 Å². The molecule has 1 amide bonds. The lowest BCUT2D eigenvalue weighted by molar-refractivity contribution is -0.117. The molecule has 3 aromatic rings. The normalized spacial score (nSPS) is 12.5. The van der Waals surface area contributed by atoms with Crippen molar-refractivity contribution in [1.82, 2.24) is 4.72 Å². The molecule has 0 aliphatic carbocycles. The number of carbonyl (C=O) groups is 1. The Hall–Kier alpha value is -2.26. The Balaban J connectivity index is 1.84. The summed E-state index contributed by atoms with van der Waals surface area (Å²) in [4.78, 5) is 12.8. The molecule has 28 heavy (non-hydrogen) atoms. The first-order chi connectivity index (χ1) is 13.3. The van der Waals surface area contributed by atoms with Crippen LogP contribution in [0.3, 0.4) is 0 Å². The van der Waals surface area contributed by atoms with Crippen molar-refractivity contribution >= 4 is 44.6 Å². The Bertz CT molecular complexity index is 1060. The Morgan fingerprint density at radius 1 is 1.11 bits per heavy atom. The van der Waals surface area contributed by atoms with Crippen LogP contribution in [0, 0.1) is 5.82 Å². The van der Waals surface area contributed by atoms with Crippen LogP contribution in [-0.2, 0) is 21.2 Å². The smallest absolute Gasteiger partial charge is 0.250 e. The number of benzene rings is 2. The molecule has 146 valence electrons. The lowest BCUT2D eigenvalue weighted by Crippen LogP contribution is -2.45. The molecule has 0 saturated heterocycles. The van der Waals surface area contributed by atoms with E-state index in [0.717, 1.165) is 23.0 Å². The zero-order chi connectivity index (χ0) is 20.1. The fourth-order valence-corrected chi connectivity index (χ4v) is 4.89. The summed E-state index contributed by atoms with van der Waals surface area (Å²) in [5, 5.41) is 4.08. The molecular weight excluding hydrogens is 423 g/mol. The zero-order valence-electron chi connectivity index (χ0n) is 14.4. The fourth-order valence-electron chi connectivity index (χ4n) is 2.50. The van der Waals surface area contributed by atoms with E-state index in [-0.39, 0.29) is 21.3 Å². The van der Waals surface area contributed by atoms with Gasteiger partial charge in [-0.1, -0.05) is 48.0 Å². The Morgan fingerprint density at radius 2 is 1.86 bits per heavy atom. The van der Waals surface area contributed by atoms with E-state index in [1.807, 2.05) is 6.07 Å². The van der Waals surface area contributed by atoms with Crippen LogP contribution < -0.4 is 10.0 Å². The minimum absolute atomic E-state index is 0.114. The second-order valence-electron chi connectivity index (χ2n) is 5.91. The number of carbonyl (C=O) groups excluding carboxylic acids is 1. The first-order valence-electron chi connectivity index (χ1n) is 8.21. The van der Waals surface area contributed by atoms with Gasteiger partial charge in [-0.25, -0.2) is 12.8 Å². The first kappa shape index (κ1) is 20.5. The van der Waals surface area contributed by atoms with Gasteiger partial charge in [0.15, 0.2) is 0 Å². The molecule has 0 aliphatic heterocycles. The number of anilines is 1. The van der Waals surface area contributed by atoms with E-state index in [2.05, 4.69) is 10.0 Å². The van der Waals surface area contributed by atoms with Crippen LogP contribution in [0.4, 0.5) is 10.1 Å². The van der Waals surface area contributed by atoms with Crippen LogP contribution in [0.1, 0.15) is 5.56 Å². The molecule has 0 fully saturated rings. The summed E-state index contributed by atoms with van der Waals surface area (Å²) in [6.45, 7) is 0. The third-order valence-corrected chi connectivity index (χ3v) is 7.00. The van der Waals surface area contributed by atoms with Crippen LogP contribution in [0.15, 0.2) is 70.3 Å². The molecule has 0 unspecified atom stereocenters. The standard InChI is InChI=1S/C19H16ClFN2O3S2/c20-15-12-14(8-9-16(15)21)22-19(24)17(11-13-5-2-1-3-6-13)23-28(25,26)18-7-4-10-27-18/h1-10,12,17,23H,11H2,(H,22,24)/t17-/m0/s1. The van der Waals surface area contributed by atoms with Gasteiger partial charge in [0.05, 0.1) is 5.02 Å². The second kappa shape index (κ2) is 8.83. The Labute approximate surface area is 171 Å². The summed E-state index contributed by atoms with van der Waals surface area (Å²) in [5.74, 6) is -1.19. The number of hydrogen-bond donors (Lipinski definition) is 2. The summed E-state index contributed by atoms with van der Waals surface area (Å²) >= 11 is 6.80. The largest absolute Gasteiger partial charge is 0.325 e. The summed E-state index contributed by atoms with van der Waals surface area (Å²) in [7, 11) is -3.87. The fraction of sp³-hybridized carbons (Fsp3) is 0.105. The van der Waals surface area contributed by atoms with Crippen LogP contribution in [0.25, 0.3) is 0 Å². The highest BCUT2D eigenvalue weighted by Crippen LogP contribution is 2.21. The van der Waals surface area contributed by atoms with Gasteiger partial charge in [-0.3, -0.25) is 4.79 Å². The van der Waals surface area contributed by atoms with Crippen LogP contribution in [-0.4, -0.2) is 20.4 Å². The quantitative estimate of drug-likeness (QED) is 0.584. The van der Waals surface area contributed by atoms with Crippen molar-refractivity contribution in [2.45, 2.75) is 16.7 Å². The molecular formula is C19H16ClFN2O3S2. The highest BCUT2D eigenvalue weighted by Gasteiger charge is 2.27. The molecule has 0 saturated carbocycles. The molecule has 0 spiro atoms. The second-order valence-corrected chi connectivity index (χ2v) is 9.21. The van der Waals surface area contributed by atoms with Gasteiger partial charge in [0.1, 0.15) is 16.1 Å². The third kappa shape index (κ3) is 5.17. The Morgan fingerprint density at radius 3 is 2.50 bits per heavy atom. The van der Waals surface area contributed by atoms with E-state index in [1.54, 1.807) is 35.7 Å². The average molecular weight is 439 g/mol. The van der Waals surface area contributed by atoms with E-state index in [1.165, 1.54) is 18.2 Å². The lowest BCUT2D eigenvalue weighted by atomic mass is 10.1. The van der Waals surface area contributed by atoms with Gasteiger partial charge >= 0.3 is 0 Å². The van der Waals surface area contributed by atoms with Gasteiger partial charge in [0, 0.05) is 5.69 Å². The van der Waals surface area contributed by atoms with Crippen LogP contribution in [0.5, 0.6) is 0 Å². The maximum absolute atomic E-state index is 13.3. The molecule has 9 heteroatoms. The van der Waals surface area contributed by atoms with Gasteiger partial charge in [-0.15, -0.1) is 11.3 Å². The average Bonchev–Trinajstić information content (AvgIpc) is 3.21. The molecule has 1 atom stereocenters. The summed E-state index contributed by atoms with van der Waals surface area (Å²) in [6, 6.07) is 14.8. The predicted octanol–water partition coefficient (Wildman–Crippen LogP) is 4.07. The van der Waals surface area contributed by atoms with Crippen LogP contribution >= 0.6 is 22.9 Å². The van der Waals surface area contributed by atoms with E-state index < -0.39 is 27.8 Å². The molecule has 3 rings (SSSR count). The molecule has 1 aromatic heterocycles. The Kier molecular flexibility index (Phi) is 6.46. The van der Waals surface area contributed by atoms with Crippen molar-refractivity contribution in [2.75, 3.05) is 5.32 Å². The van der Waals surface area contributed by atoms with E-state index >= 15 is 0 Å². The number of rotatable bonds is 7. The maximum atomic E-state index is 13.3. The maximum Gasteiger partial charge on any atom is 0.250 e. The number of sulfonamides is 1. The van der Waals surface area contributed by atoms with Gasteiger partial charge in [-0.05, 0) is 41.6 Å². The number of nitrogens with one attached hydrogen (secondary N) is 2. The van der Waals surface area contributed by atoms with Crippen molar-refractivity contribution in [3.63, 3.8) is 0 Å². The van der Waals surface area contributed by atoms with Crippen molar-refractivity contribution in [3.05, 3.63) is 82.4 Å². The van der Waals surface area contributed by atoms with Crippen molar-refractivity contribution < 1.29 is 17.6 Å². The summed E-state index contributed by atoms with van der Waals surface area (Å²) in [5.41, 5.74) is 1.05. The van der Waals surface area contributed by atoms with E-state index in [4.69, 9.17) is 11.6 Å². The molecule has 2 aromatic carbocycles. The predicted molar refractivity (Wildman–Crippen MR) is 109 cm³/mol. The number of thiophene rings is 1. The highest BCUT2D eigenvalue weighted by molar-refractivity contribution is 7.91. The minimum atomic E-state index is -3.87. The molecule has 5 nitrogen and oxygen atoms in total. The zero-order valence-corrected chi connectivity index (χ0v) is 16.8. The van der Waals surface area contributed by atoms with Gasteiger partial charge in [0.25, 0.3) is 10.0 Å². The first-order valence-corrected chi connectivity index (χ1v) is 10.9. The lowest BCUT2D eigenvalue weighted by Gasteiger charge is -2.18. The van der Waals surface area contributed by atoms with Gasteiger partial charge < -0.3 is 5.32 Å². The SMILES string of the molecule is O=C(Nc1ccc(F)c(Cl)c1)[C@H](Cc1ccccc1)NS(=O)(=O)c1cccs1. The molecule has 0 bridgehead atoms. The molecule has 1 heterocycles. The summed E-state index contributed by atoms with van der Waals surface area (Å²) < 4.78 is 41.1. The number of amides is 1. The minimum Gasteiger partial charge on any atom is -0.325 e. The molecule has 2 N–H and O–H groups in total. The summed E-state index contributed by atoms with van der Waals surface area (Å²) in [6.07, 6.45) is 0.145. The van der Waals surface area contributed by atoms with Crippen molar-refractivity contribution in [3.8, 4) is 0 Å². The number of hydrogen-bond acceptors (Lipinski definition) is 4. The van der Waals surface area contributed by atoms with Gasteiger partial charge in [0.2, 0.25) is 5.91 Å². The monoisotopic (exact) mass is 438 g/mol.